The highest BCUT2D eigenvalue weighted by molar-refractivity contribution is 7.91. The van der Waals surface area contributed by atoms with Crippen molar-refractivity contribution in [2.75, 3.05) is 25.7 Å². The van der Waals surface area contributed by atoms with Crippen LogP contribution in [0.3, 0.4) is 0 Å². The van der Waals surface area contributed by atoms with Crippen LogP contribution in [0.25, 0.3) is 0 Å². The van der Waals surface area contributed by atoms with Crippen LogP contribution < -0.4 is 4.74 Å². The first-order valence-corrected chi connectivity index (χ1v) is 9.96. The zero-order valence-corrected chi connectivity index (χ0v) is 14.2. The lowest BCUT2D eigenvalue weighted by Gasteiger charge is -2.23. The molecule has 1 aromatic rings. The summed E-state index contributed by atoms with van der Waals surface area (Å²) >= 11 is 0. The molecule has 0 N–H and O–H groups in total. The first-order chi connectivity index (χ1) is 9.58. The van der Waals surface area contributed by atoms with Crippen molar-refractivity contribution in [3.63, 3.8) is 0 Å². The third-order valence-electron chi connectivity index (χ3n) is 2.96. The Bertz CT molecular complexity index is 682. The molecule has 21 heavy (non-hydrogen) atoms. The molecule has 0 aliphatic carbocycles. The van der Waals surface area contributed by atoms with Crippen molar-refractivity contribution < 1.29 is 21.6 Å². The van der Waals surface area contributed by atoms with E-state index < -0.39 is 25.9 Å². The van der Waals surface area contributed by atoms with E-state index in [0.717, 1.165) is 10.6 Å². The molecule has 1 atom stereocenters. The van der Waals surface area contributed by atoms with Crippen LogP contribution >= 0.6 is 0 Å². The summed E-state index contributed by atoms with van der Waals surface area (Å²) in [7, 11) is -5.65. The molecular weight excluding hydrogens is 314 g/mol. The van der Waals surface area contributed by atoms with Crippen molar-refractivity contribution in [3.8, 4) is 5.75 Å². The van der Waals surface area contributed by atoms with Crippen molar-refractivity contribution in [2.45, 2.75) is 24.8 Å². The zero-order chi connectivity index (χ0) is 16.3. The Morgan fingerprint density at radius 2 is 1.86 bits per heavy atom. The number of ether oxygens (including phenoxy) is 1. The van der Waals surface area contributed by atoms with Gasteiger partial charge in [0.25, 0.3) is 0 Å². The third-order valence-corrected chi connectivity index (χ3v) is 6.01. The van der Waals surface area contributed by atoms with Crippen LogP contribution in [0.15, 0.2) is 29.2 Å². The van der Waals surface area contributed by atoms with Gasteiger partial charge in [-0.05, 0) is 26.0 Å². The fourth-order valence-electron chi connectivity index (χ4n) is 1.84. The molecule has 0 amide bonds. The summed E-state index contributed by atoms with van der Waals surface area (Å²) in [6, 6.07) is 5.50. The monoisotopic (exact) mass is 335 g/mol. The van der Waals surface area contributed by atoms with Gasteiger partial charge in [0.15, 0.2) is 0 Å². The van der Waals surface area contributed by atoms with E-state index in [1.807, 2.05) is 6.92 Å². The third kappa shape index (κ3) is 4.98. The Balaban J connectivity index is 3.07. The fourth-order valence-corrected chi connectivity index (χ4v) is 4.43. The second-order valence-corrected chi connectivity index (χ2v) is 9.05. The summed E-state index contributed by atoms with van der Waals surface area (Å²) in [5.74, 6) is 0.233. The highest BCUT2D eigenvalue weighted by Gasteiger charge is 2.27. The minimum atomic E-state index is -3.76. The summed E-state index contributed by atoms with van der Waals surface area (Å²) in [5.41, 5.74) is 0. The van der Waals surface area contributed by atoms with Crippen molar-refractivity contribution in [3.05, 3.63) is 24.3 Å². The van der Waals surface area contributed by atoms with Gasteiger partial charge in [-0.15, -0.1) is 0 Å². The van der Waals surface area contributed by atoms with Gasteiger partial charge in [0.2, 0.25) is 10.0 Å². The number of sulfonamides is 1. The smallest absolute Gasteiger partial charge is 0.243 e. The fraction of sp³-hybridized carbons (Fsp3) is 0.538. The van der Waals surface area contributed by atoms with Gasteiger partial charge in [-0.25, -0.2) is 16.8 Å². The molecule has 0 aliphatic heterocycles. The van der Waals surface area contributed by atoms with Gasteiger partial charge in [0.1, 0.15) is 15.6 Å². The van der Waals surface area contributed by atoms with E-state index >= 15 is 0 Å². The molecule has 0 spiro atoms. The van der Waals surface area contributed by atoms with E-state index in [9.17, 15) is 16.8 Å². The topological polar surface area (TPSA) is 80.8 Å². The van der Waals surface area contributed by atoms with Crippen molar-refractivity contribution in [1.82, 2.24) is 4.31 Å². The van der Waals surface area contributed by atoms with Crippen LogP contribution in [0.5, 0.6) is 5.75 Å². The molecule has 6 nitrogen and oxygen atoms in total. The maximum Gasteiger partial charge on any atom is 0.243 e. The first-order valence-electron chi connectivity index (χ1n) is 6.46. The number of hydrogen-bond donors (Lipinski definition) is 0. The highest BCUT2D eigenvalue weighted by atomic mass is 32.2. The van der Waals surface area contributed by atoms with Crippen molar-refractivity contribution in [2.24, 2.45) is 0 Å². The second kappa shape index (κ2) is 6.76. The van der Waals surface area contributed by atoms with Gasteiger partial charge in [-0.1, -0.05) is 6.07 Å². The molecule has 0 saturated heterocycles. The predicted octanol–water partition coefficient (Wildman–Crippen LogP) is 1.14. The molecule has 0 fully saturated rings. The number of benzene rings is 1. The molecule has 120 valence electrons. The van der Waals surface area contributed by atoms with Crippen LogP contribution in [0.4, 0.5) is 0 Å². The second-order valence-electron chi connectivity index (χ2n) is 4.87. The number of rotatable bonds is 7. The maximum atomic E-state index is 12.5. The minimum Gasteiger partial charge on any atom is -0.494 e. The van der Waals surface area contributed by atoms with Crippen LogP contribution in [-0.4, -0.2) is 52.8 Å². The molecular formula is C13H21NO5S2. The quantitative estimate of drug-likeness (QED) is 0.746. The van der Waals surface area contributed by atoms with Gasteiger partial charge in [-0.2, -0.15) is 4.31 Å². The molecule has 1 aromatic carbocycles. The number of hydrogen-bond acceptors (Lipinski definition) is 5. The van der Waals surface area contributed by atoms with Gasteiger partial charge >= 0.3 is 0 Å². The zero-order valence-electron chi connectivity index (χ0n) is 12.6. The molecule has 0 unspecified atom stereocenters. The van der Waals surface area contributed by atoms with Crippen LogP contribution in [0.1, 0.15) is 13.8 Å². The largest absolute Gasteiger partial charge is 0.494 e. The van der Waals surface area contributed by atoms with E-state index in [1.165, 1.54) is 19.2 Å². The summed E-state index contributed by atoms with van der Waals surface area (Å²) in [6.45, 7) is 3.80. The van der Waals surface area contributed by atoms with Gasteiger partial charge < -0.3 is 4.74 Å². The Kier molecular flexibility index (Phi) is 5.77. The van der Waals surface area contributed by atoms with Gasteiger partial charge in [0, 0.05) is 25.4 Å². The number of sulfone groups is 1. The molecule has 0 aliphatic rings. The number of nitrogens with zero attached hydrogens (tertiary/aromatic N) is 1. The first kappa shape index (κ1) is 17.9. The lowest BCUT2D eigenvalue weighted by atomic mass is 10.3. The van der Waals surface area contributed by atoms with Crippen molar-refractivity contribution in [1.29, 1.82) is 0 Å². The van der Waals surface area contributed by atoms with E-state index in [-0.39, 0.29) is 10.6 Å². The summed E-state index contributed by atoms with van der Waals surface area (Å²) in [5, 5.41) is 0. The Labute approximate surface area is 126 Å². The van der Waals surface area contributed by atoms with Crippen LogP contribution in [0.2, 0.25) is 0 Å². The highest BCUT2D eigenvalue weighted by Crippen LogP contribution is 2.21. The normalized spacial score (nSPS) is 14.1. The van der Waals surface area contributed by atoms with Crippen LogP contribution in [-0.2, 0) is 19.9 Å². The molecule has 0 radical (unpaired) electrons. The van der Waals surface area contributed by atoms with Gasteiger partial charge in [0.05, 0.1) is 17.3 Å². The SMILES string of the molecule is CCOc1cccc(S(=O)(=O)N(C)[C@@H](C)CS(C)(=O)=O)c1. The molecule has 0 aromatic heterocycles. The molecule has 1 rings (SSSR count). The average molecular weight is 335 g/mol. The maximum absolute atomic E-state index is 12.5. The lowest BCUT2D eigenvalue weighted by molar-refractivity contribution is 0.339. The molecule has 8 heteroatoms. The lowest BCUT2D eigenvalue weighted by Crippen LogP contribution is -2.39. The Morgan fingerprint density at radius 3 is 2.38 bits per heavy atom. The van der Waals surface area contributed by atoms with E-state index in [4.69, 9.17) is 4.74 Å². The Hall–Kier alpha value is -1.12. The Morgan fingerprint density at radius 1 is 1.24 bits per heavy atom. The molecule has 0 saturated carbocycles. The minimum absolute atomic E-state index is 0.0799. The standard InChI is InChI=1S/C13H21NO5S2/c1-5-19-12-7-6-8-13(9-12)21(17,18)14(3)11(2)10-20(4,15)16/h6-9,11H,5,10H2,1-4H3/t11-/m0/s1. The summed E-state index contributed by atoms with van der Waals surface area (Å²) < 4.78 is 53.9. The van der Waals surface area contributed by atoms with E-state index in [2.05, 4.69) is 0 Å². The summed E-state index contributed by atoms with van der Waals surface area (Å²) in [4.78, 5) is 0.0799. The summed E-state index contributed by atoms with van der Waals surface area (Å²) in [6.07, 6.45) is 1.08. The van der Waals surface area contributed by atoms with Crippen LogP contribution in [0, 0.1) is 0 Å². The van der Waals surface area contributed by atoms with E-state index in [1.54, 1.807) is 19.1 Å². The molecule has 0 bridgehead atoms. The average Bonchev–Trinajstić information content (AvgIpc) is 2.36. The van der Waals surface area contributed by atoms with Gasteiger partial charge in [-0.3, -0.25) is 0 Å². The predicted molar refractivity (Wildman–Crippen MR) is 81.7 cm³/mol. The van der Waals surface area contributed by atoms with Crippen molar-refractivity contribution >= 4 is 19.9 Å². The van der Waals surface area contributed by atoms with E-state index in [0.29, 0.717) is 12.4 Å². The molecule has 0 heterocycles.